The number of aliphatic hydroxyl groups excluding tert-OH is 1. The molecule has 5 heteroatoms. The van der Waals surface area contributed by atoms with E-state index in [1.54, 1.807) is 18.2 Å². The molecule has 2 N–H and O–H groups in total. The molecule has 2 rings (SSSR count). The molecule has 0 bridgehead atoms. The SMILES string of the molecule is O=S(=O)(c1ccccc1)[C@H](O)[C@H]1CCCN1. The lowest BCUT2D eigenvalue weighted by molar-refractivity contribution is 0.207. The van der Waals surface area contributed by atoms with Gasteiger partial charge in [0.1, 0.15) is 0 Å². The van der Waals surface area contributed by atoms with Gasteiger partial charge in [-0.3, -0.25) is 0 Å². The van der Waals surface area contributed by atoms with Crippen molar-refractivity contribution in [2.24, 2.45) is 0 Å². The van der Waals surface area contributed by atoms with E-state index >= 15 is 0 Å². The summed E-state index contributed by atoms with van der Waals surface area (Å²) in [6, 6.07) is 7.73. The van der Waals surface area contributed by atoms with Gasteiger partial charge in [-0.2, -0.15) is 0 Å². The van der Waals surface area contributed by atoms with Crippen molar-refractivity contribution in [1.82, 2.24) is 5.32 Å². The van der Waals surface area contributed by atoms with Crippen LogP contribution >= 0.6 is 0 Å². The lowest BCUT2D eigenvalue weighted by Gasteiger charge is -2.18. The second-order valence-corrected chi connectivity index (χ2v) is 6.00. The number of benzene rings is 1. The van der Waals surface area contributed by atoms with Crippen LogP contribution in [0.1, 0.15) is 12.8 Å². The lowest BCUT2D eigenvalue weighted by Crippen LogP contribution is -2.40. The van der Waals surface area contributed by atoms with E-state index in [-0.39, 0.29) is 10.9 Å². The third-order valence-corrected chi connectivity index (χ3v) is 4.73. The first-order valence-electron chi connectivity index (χ1n) is 5.33. The van der Waals surface area contributed by atoms with Crippen molar-refractivity contribution in [1.29, 1.82) is 0 Å². The van der Waals surface area contributed by atoms with E-state index in [2.05, 4.69) is 5.32 Å². The van der Waals surface area contributed by atoms with E-state index in [4.69, 9.17) is 0 Å². The Bertz CT molecular complexity index is 438. The Morgan fingerprint density at radius 1 is 1.31 bits per heavy atom. The van der Waals surface area contributed by atoms with Gasteiger partial charge in [0.15, 0.2) is 5.44 Å². The molecule has 0 unspecified atom stereocenters. The van der Waals surface area contributed by atoms with E-state index in [9.17, 15) is 13.5 Å². The molecule has 1 aromatic rings. The van der Waals surface area contributed by atoms with Gasteiger partial charge in [-0.15, -0.1) is 0 Å². The predicted molar refractivity (Wildman–Crippen MR) is 60.7 cm³/mol. The summed E-state index contributed by atoms with van der Waals surface area (Å²) in [6.07, 6.45) is 1.61. The fraction of sp³-hybridized carbons (Fsp3) is 0.455. The summed E-state index contributed by atoms with van der Waals surface area (Å²) in [5.74, 6) is 0. The maximum Gasteiger partial charge on any atom is 0.206 e. The maximum absolute atomic E-state index is 12.0. The first-order valence-corrected chi connectivity index (χ1v) is 6.87. The Hall–Kier alpha value is -0.910. The van der Waals surface area contributed by atoms with E-state index in [0.29, 0.717) is 6.42 Å². The number of aliphatic hydroxyl groups is 1. The highest BCUT2D eigenvalue weighted by atomic mass is 32.2. The molecule has 2 atom stereocenters. The van der Waals surface area contributed by atoms with Crippen LogP contribution < -0.4 is 5.32 Å². The highest BCUT2D eigenvalue weighted by Gasteiger charge is 2.34. The van der Waals surface area contributed by atoms with E-state index < -0.39 is 15.3 Å². The van der Waals surface area contributed by atoms with Crippen LogP contribution in [0.2, 0.25) is 0 Å². The Kier molecular flexibility index (Phi) is 3.28. The van der Waals surface area contributed by atoms with Crippen molar-refractivity contribution < 1.29 is 13.5 Å². The van der Waals surface area contributed by atoms with E-state index in [0.717, 1.165) is 13.0 Å². The van der Waals surface area contributed by atoms with Crippen molar-refractivity contribution in [3.05, 3.63) is 30.3 Å². The third-order valence-electron chi connectivity index (χ3n) is 2.83. The van der Waals surface area contributed by atoms with Crippen LogP contribution in [0.5, 0.6) is 0 Å². The van der Waals surface area contributed by atoms with Crippen LogP contribution in [0.25, 0.3) is 0 Å². The molecule has 1 fully saturated rings. The molecule has 0 aliphatic carbocycles. The van der Waals surface area contributed by atoms with Gasteiger partial charge in [0.2, 0.25) is 9.84 Å². The van der Waals surface area contributed by atoms with Crippen LogP contribution in [0.3, 0.4) is 0 Å². The van der Waals surface area contributed by atoms with Crippen molar-refractivity contribution in [3.8, 4) is 0 Å². The summed E-state index contributed by atoms with van der Waals surface area (Å²) < 4.78 is 24.1. The monoisotopic (exact) mass is 241 g/mol. The number of hydrogen-bond acceptors (Lipinski definition) is 4. The third kappa shape index (κ3) is 2.11. The molecule has 1 aliphatic heterocycles. The molecule has 4 nitrogen and oxygen atoms in total. The van der Waals surface area contributed by atoms with Gasteiger partial charge < -0.3 is 10.4 Å². The molecule has 16 heavy (non-hydrogen) atoms. The molecule has 0 radical (unpaired) electrons. The predicted octanol–water partition coefficient (Wildman–Crippen LogP) is 0.531. The highest BCUT2D eigenvalue weighted by Crippen LogP contribution is 2.20. The maximum atomic E-state index is 12.0. The van der Waals surface area contributed by atoms with Gasteiger partial charge in [-0.1, -0.05) is 18.2 Å². The summed E-state index contributed by atoms with van der Waals surface area (Å²) in [7, 11) is -3.63. The Labute approximate surface area is 95.2 Å². The minimum Gasteiger partial charge on any atom is -0.375 e. The van der Waals surface area contributed by atoms with Gasteiger partial charge in [0.25, 0.3) is 0 Å². The van der Waals surface area contributed by atoms with Gasteiger partial charge in [-0.25, -0.2) is 8.42 Å². The van der Waals surface area contributed by atoms with Gasteiger partial charge >= 0.3 is 0 Å². The molecular formula is C11H15NO3S. The van der Waals surface area contributed by atoms with Crippen molar-refractivity contribution >= 4 is 9.84 Å². The number of sulfone groups is 1. The highest BCUT2D eigenvalue weighted by molar-refractivity contribution is 7.92. The zero-order valence-corrected chi connectivity index (χ0v) is 9.65. The molecule has 1 aliphatic rings. The molecule has 88 valence electrons. The molecule has 0 spiro atoms. The zero-order valence-electron chi connectivity index (χ0n) is 8.83. The smallest absolute Gasteiger partial charge is 0.206 e. The molecule has 0 aromatic heterocycles. The summed E-state index contributed by atoms with van der Waals surface area (Å²) in [4.78, 5) is 0.177. The fourth-order valence-electron chi connectivity index (χ4n) is 1.92. The molecule has 0 saturated carbocycles. The fourth-order valence-corrected chi connectivity index (χ4v) is 3.40. The van der Waals surface area contributed by atoms with Gasteiger partial charge in [0.05, 0.1) is 4.90 Å². The summed E-state index contributed by atoms with van der Waals surface area (Å²) >= 11 is 0. The molecule has 1 aromatic carbocycles. The van der Waals surface area contributed by atoms with Crippen molar-refractivity contribution in [3.63, 3.8) is 0 Å². The summed E-state index contributed by atoms with van der Waals surface area (Å²) in [5.41, 5.74) is -1.35. The van der Waals surface area contributed by atoms with Crippen molar-refractivity contribution in [2.75, 3.05) is 6.54 Å². The largest absolute Gasteiger partial charge is 0.375 e. The molecule has 1 saturated heterocycles. The van der Waals surface area contributed by atoms with Gasteiger partial charge in [0, 0.05) is 6.04 Å². The number of hydrogen-bond donors (Lipinski definition) is 2. The van der Waals surface area contributed by atoms with E-state index in [1.165, 1.54) is 12.1 Å². The van der Waals surface area contributed by atoms with Crippen LogP contribution in [0.15, 0.2) is 35.2 Å². The second-order valence-electron chi connectivity index (χ2n) is 3.95. The second kappa shape index (κ2) is 4.53. The zero-order chi connectivity index (χ0) is 11.6. The minimum atomic E-state index is -3.63. The molecule has 0 amide bonds. The number of nitrogens with one attached hydrogen (secondary N) is 1. The molecular weight excluding hydrogens is 226 g/mol. The lowest BCUT2D eigenvalue weighted by atomic mass is 10.2. The topological polar surface area (TPSA) is 66.4 Å². The number of rotatable bonds is 3. The summed E-state index contributed by atoms with van der Waals surface area (Å²) in [6.45, 7) is 0.770. The quantitative estimate of drug-likeness (QED) is 0.810. The Balaban J connectivity index is 2.25. The van der Waals surface area contributed by atoms with E-state index in [1.807, 2.05) is 0 Å². The first kappa shape index (κ1) is 11.6. The standard InChI is InChI=1S/C11H15NO3S/c13-11(10-7-4-8-12-10)16(14,15)9-5-2-1-3-6-9/h1-3,5-6,10-13H,4,7-8H2/t10-,11+/m1/s1. The van der Waals surface area contributed by atoms with Crippen molar-refractivity contribution in [2.45, 2.75) is 29.2 Å². The van der Waals surface area contributed by atoms with Crippen LogP contribution in [0.4, 0.5) is 0 Å². The summed E-state index contributed by atoms with van der Waals surface area (Å²) in [5, 5.41) is 12.9. The molecule has 1 heterocycles. The Morgan fingerprint density at radius 3 is 2.56 bits per heavy atom. The Morgan fingerprint density at radius 2 is 2.00 bits per heavy atom. The van der Waals surface area contributed by atoms with Gasteiger partial charge in [-0.05, 0) is 31.5 Å². The van der Waals surface area contributed by atoms with Crippen LogP contribution in [-0.4, -0.2) is 31.5 Å². The average molecular weight is 241 g/mol. The normalized spacial score (nSPS) is 23.2. The average Bonchev–Trinajstić information content (AvgIpc) is 2.82. The van der Waals surface area contributed by atoms with Crippen LogP contribution in [-0.2, 0) is 9.84 Å². The first-order chi connectivity index (χ1) is 7.62. The van der Waals surface area contributed by atoms with Crippen LogP contribution in [0, 0.1) is 0 Å². The minimum absolute atomic E-state index is 0.177.